The monoisotopic (exact) mass is 307 g/mol. The molecule has 0 N–H and O–H groups in total. The molecule has 0 saturated heterocycles. The van der Waals surface area contributed by atoms with Crippen LogP contribution in [0.2, 0.25) is 0 Å². The summed E-state index contributed by atoms with van der Waals surface area (Å²) in [5.74, 6) is -1.19. The van der Waals surface area contributed by atoms with E-state index in [-0.39, 0.29) is 23.5 Å². The van der Waals surface area contributed by atoms with Gasteiger partial charge in [0.2, 0.25) is 0 Å². The minimum atomic E-state index is -0.670. The van der Waals surface area contributed by atoms with E-state index in [4.69, 9.17) is 9.57 Å². The highest BCUT2D eigenvalue weighted by Gasteiger charge is 2.35. The van der Waals surface area contributed by atoms with Gasteiger partial charge in [0.05, 0.1) is 6.61 Å². The van der Waals surface area contributed by atoms with Crippen molar-refractivity contribution in [3.8, 4) is 0 Å². The number of benzene rings is 1. The molecule has 0 aromatic heterocycles. The van der Waals surface area contributed by atoms with E-state index >= 15 is 0 Å². The Hall–Kier alpha value is -1.91. The van der Waals surface area contributed by atoms with Crippen LogP contribution in [-0.4, -0.2) is 23.9 Å². The summed E-state index contributed by atoms with van der Waals surface area (Å²) in [5, 5.41) is 4.00. The normalized spacial score (nSPS) is 17.3. The minimum absolute atomic E-state index is 0.102. The smallest absolute Gasteiger partial charge is 0.361 e. The second-order valence-corrected chi connectivity index (χ2v) is 5.48. The van der Waals surface area contributed by atoms with E-state index < -0.39 is 11.8 Å². The van der Waals surface area contributed by atoms with Crippen molar-refractivity contribution >= 4 is 11.7 Å². The summed E-state index contributed by atoms with van der Waals surface area (Å²) in [7, 11) is 0. The van der Waals surface area contributed by atoms with Crippen molar-refractivity contribution in [3.05, 3.63) is 35.6 Å². The van der Waals surface area contributed by atoms with E-state index in [1.807, 2.05) is 6.92 Å². The van der Waals surface area contributed by atoms with Gasteiger partial charge in [-0.05, 0) is 51.2 Å². The number of carbonyl (C=O) groups is 1. The quantitative estimate of drug-likeness (QED) is 0.456. The second kappa shape index (κ2) is 7.38. The Balaban J connectivity index is 2.30. The van der Waals surface area contributed by atoms with Gasteiger partial charge < -0.3 is 9.57 Å². The number of halogens is 1. The van der Waals surface area contributed by atoms with Crippen LogP contribution in [0.5, 0.6) is 0 Å². The van der Waals surface area contributed by atoms with Gasteiger partial charge in [0.15, 0.2) is 5.71 Å². The number of ether oxygens (including phenoxy) is 1. The lowest BCUT2D eigenvalue weighted by Crippen LogP contribution is -2.28. The predicted molar refractivity (Wildman–Crippen MR) is 82.1 cm³/mol. The van der Waals surface area contributed by atoms with Gasteiger partial charge in [0.1, 0.15) is 11.4 Å². The van der Waals surface area contributed by atoms with Crippen molar-refractivity contribution in [1.82, 2.24) is 0 Å². The number of oxime groups is 1. The van der Waals surface area contributed by atoms with Crippen LogP contribution in [0.1, 0.15) is 51.5 Å². The molecule has 0 atom stereocenters. The third-order valence-electron chi connectivity index (χ3n) is 4.09. The van der Waals surface area contributed by atoms with Gasteiger partial charge in [-0.1, -0.05) is 24.2 Å². The Labute approximate surface area is 130 Å². The summed E-state index contributed by atoms with van der Waals surface area (Å²) < 4.78 is 19.0. The lowest BCUT2D eigenvalue weighted by atomic mass is 9.99. The molecule has 5 heteroatoms. The number of hydrogen-bond donors (Lipinski definition) is 0. The van der Waals surface area contributed by atoms with Crippen LogP contribution in [0.4, 0.5) is 4.39 Å². The Morgan fingerprint density at radius 3 is 2.55 bits per heavy atom. The van der Waals surface area contributed by atoms with E-state index in [2.05, 4.69) is 5.16 Å². The predicted octanol–water partition coefficient (Wildman–Crippen LogP) is 3.83. The molecule has 1 aliphatic carbocycles. The van der Waals surface area contributed by atoms with Gasteiger partial charge in [-0.2, -0.15) is 0 Å². The van der Waals surface area contributed by atoms with Crippen molar-refractivity contribution in [3.63, 3.8) is 0 Å². The third-order valence-corrected chi connectivity index (χ3v) is 4.09. The summed E-state index contributed by atoms with van der Waals surface area (Å²) in [6.07, 6.45) is 4.78. The first-order valence-electron chi connectivity index (χ1n) is 7.80. The van der Waals surface area contributed by atoms with E-state index in [1.54, 1.807) is 19.1 Å². The van der Waals surface area contributed by atoms with Crippen molar-refractivity contribution < 1.29 is 18.8 Å². The topological polar surface area (TPSA) is 47.9 Å². The molecule has 0 radical (unpaired) electrons. The van der Waals surface area contributed by atoms with E-state index in [1.165, 1.54) is 12.1 Å². The summed E-state index contributed by atoms with van der Waals surface area (Å²) >= 11 is 0. The third kappa shape index (κ3) is 3.64. The molecule has 1 aromatic rings. The standard InChI is InChI=1S/C17H22FNO3/c1-3-17(11-7-8-12-17)22-19-15(16(20)21-4-2)13-9-5-6-10-14(13)18/h5-6,9-10H,3-4,7-8,11-12H2,1-2H3. The summed E-state index contributed by atoms with van der Waals surface area (Å²) in [6, 6.07) is 6.00. The maximum absolute atomic E-state index is 14.0. The molecule has 1 saturated carbocycles. The highest BCUT2D eigenvalue weighted by atomic mass is 19.1. The molecule has 1 aromatic carbocycles. The average molecular weight is 307 g/mol. The Morgan fingerprint density at radius 1 is 1.27 bits per heavy atom. The summed E-state index contributed by atoms with van der Waals surface area (Å²) in [4.78, 5) is 17.8. The zero-order valence-electron chi connectivity index (χ0n) is 13.1. The lowest BCUT2D eigenvalue weighted by Gasteiger charge is -2.25. The van der Waals surface area contributed by atoms with Gasteiger partial charge in [-0.3, -0.25) is 0 Å². The molecule has 1 aliphatic rings. The number of esters is 1. The number of rotatable bonds is 6. The number of hydrogen-bond acceptors (Lipinski definition) is 4. The van der Waals surface area contributed by atoms with Gasteiger partial charge in [0.25, 0.3) is 0 Å². The van der Waals surface area contributed by atoms with Crippen LogP contribution in [-0.2, 0) is 14.4 Å². The molecule has 2 rings (SSSR count). The van der Waals surface area contributed by atoms with E-state index in [0.717, 1.165) is 32.1 Å². The molecule has 0 spiro atoms. The van der Waals surface area contributed by atoms with Gasteiger partial charge in [0, 0.05) is 5.56 Å². The summed E-state index contributed by atoms with van der Waals surface area (Å²) in [6.45, 7) is 3.93. The van der Waals surface area contributed by atoms with Crippen molar-refractivity contribution in [1.29, 1.82) is 0 Å². The fourth-order valence-corrected chi connectivity index (χ4v) is 2.72. The van der Waals surface area contributed by atoms with Crippen LogP contribution in [0.15, 0.2) is 29.4 Å². The minimum Gasteiger partial charge on any atom is -0.461 e. The average Bonchev–Trinajstić information content (AvgIpc) is 2.99. The van der Waals surface area contributed by atoms with Crippen molar-refractivity contribution in [2.45, 2.75) is 51.6 Å². The molecule has 4 nitrogen and oxygen atoms in total. The Bertz CT molecular complexity index is 551. The second-order valence-electron chi connectivity index (χ2n) is 5.48. The van der Waals surface area contributed by atoms with Crippen LogP contribution in [0.25, 0.3) is 0 Å². The van der Waals surface area contributed by atoms with Crippen LogP contribution >= 0.6 is 0 Å². The number of carbonyl (C=O) groups excluding carboxylic acids is 1. The van der Waals surface area contributed by atoms with Crippen LogP contribution < -0.4 is 0 Å². The molecule has 0 aliphatic heterocycles. The largest absolute Gasteiger partial charge is 0.461 e. The van der Waals surface area contributed by atoms with Gasteiger partial charge >= 0.3 is 5.97 Å². The maximum Gasteiger partial charge on any atom is 0.361 e. The van der Waals surface area contributed by atoms with E-state index in [9.17, 15) is 9.18 Å². The zero-order chi connectivity index (χ0) is 16.0. The first-order valence-corrected chi connectivity index (χ1v) is 7.80. The molecule has 22 heavy (non-hydrogen) atoms. The lowest BCUT2D eigenvalue weighted by molar-refractivity contribution is -0.135. The highest BCUT2D eigenvalue weighted by molar-refractivity contribution is 6.43. The SMILES string of the molecule is CCOC(=O)C(=NOC1(CC)CCCC1)c1ccccc1F. The molecular weight excluding hydrogens is 285 g/mol. The van der Waals surface area contributed by atoms with Crippen molar-refractivity contribution in [2.75, 3.05) is 6.61 Å². The molecule has 0 bridgehead atoms. The Kier molecular flexibility index (Phi) is 5.52. The molecule has 0 amide bonds. The van der Waals surface area contributed by atoms with Crippen molar-refractivity contribution in [2.24, 2.45) is 5.16 Å². The molecule has 120 valence electrons. The van der Waals surface area contributed by atoms with Crippen LogP contribution in [0, 0.1) is 5.82 Å². The highest BCUT2D eigenvalue weighted by Crippen LogP contribution is 2.36. The molecule has 0 heterocycles. The van der Waals surface area contributed by atoms with Gasteiger partial charge in [-0.25, -0.2) is 9.18 Å². The van der Waals surface area contributed by atoms with Crippen LogP contribution in [0.3, 0.4) is 0 Å². The van der Waals surface area contributed by atoms with E-state index in [0.29, 0.717) is 0 Å². The first kappa shape index (κ1) is 16.5. The Morgan fingerprint density at radius 2 is 1.95 bits per heavy atom. The maximum atomic E-state index is 14.0. The fraction of sp³-hybridized carbons (Fsp3) is 0.529. The molecular formula is C17H22FNO3. The zero-order valence-corrected chi connectivity index (χ0v) is 13.1. The summed E-state index contributed by atoms with van der Waals surface area (Å²) in [5.41, 5.74) is -0.354. The number of nitrogens with zero attached hydrogens (tertiary/aromatic N) is 1. The fourth-order valence-electron chi connectivity index (χ4n) is 2.72. The first-order chi connectivity index (χ1) is 10.6. The molecule has 1 fully saturated rings. The molecule has 0 unspecified atom stereocenters. The van der Waals surface area contributed by atoms with Gasteiger partial charge in [-0.15, -0.1) is 0 Å².